The van der Waals surface area contributed by atoms with Crippen LogP contribution in [0.25, 0.3) is 0 Å². The molecule has 2 aliphatic rings. The van der Waals surface area contributed by atoms with Crippen molar-refractivity contribution in [2.45, 2.75) is 60.0 Å². The molecule has 2 unspecified atom stereocenters. The molecule has 2 fully saturated rings. The maximum absolute atomic E-state index is 11.2. The first-order valence-corrected chi connectivity index (χ1v) is 7.35. The topological polar surface area (TPSA) is 29.5 Å². The van der Waals surface area contributed by atoms with E-state index in [9.17, 15) is 4.79 Å². The summed E-state index contributed by atoms with van der Waals surface area (Å²) in [5.74, 6) is 1.56. The van der Waals surface area contributed by atoms with Gasteiger partial charge in [0.25, 0.3) is 0 Å². The number of carbonyl (C=O) groups is 1. The Morgan fingerprint density at radius 2 is 1.50 bits per heavy atom. The standard InChI is InChI=1S/C11H19NO2.2C2H6/c1-8(13)12-6-9-4-11(2,14-3)5-10(9)7-12;2*1-2/h9-10H,4-7H2,1-3H3;2*1-2H3. The van der Waals surface area contributed by atoms with Crippen LogP contribution < -0.4 is 0 Å². The van der Waals surface area contributed by atoms with Crippen molar-refractivity contribution in [3.8, 4) is 0 Å². The first-order valence-electron chi connectivity index (χ1n) is 7.35. The van der Waals surface area contributed by atoms with Crippen LogP contribution in [-0.2, 0) is 9.53 Å². The minimum atomic E-state index is 0.0677. The Hall–Kier alpha value is -0.570. The Balaban J connectivity index is 0.000000659. The van der Waals surface area contributed by atoms with Crippen molar-refractivity contribution in [3.05, 3.63) is 0 Å². The van der Waals surface area contributed by atoms with Crippen LogP contribution in [0.3, 0.4) is 0 Å². The lowest BCUT2D eigenvalue weighted by Crippen LogP contribution is -2.31. The molecule has 1 amide bonds. The van der Waals surface area contributed by atoms with Crippen molar-refractivity contribution >= 4 is 5.91 Å². The Kier molecular flexibility index (Phi) is 7.53. The highest BCUT2D eigenvalue weighted by molar-refractivity contribution is 5.73. The van der Waals surface area contributed by atoms with Crippen LogP contribution in [0, 0.1) is 11.8 Å². The average molecular weight is 257 g/mol. The zero-order valence-corrected chi connectivity index (χ0v) is 13.2. The third kappa shape index (κ3) is 3.98. The zero-order chi connectivity index (χ0) is 14.3. The summed E-state index contributed by atoms with van der Waals surface area (Å²) in [6.07, 6.45) is 2.22. The fourth-order valence-electron chi connectivity index (χ4n) is 3.02. The number of ether oxygens (including phenoxy) is 1. The third-order valence-electron chi connectivity index (χ3n) is 3.90. The van der Waals surface area contributed by atoms with Crippen LogP contribution >= 0.6 is 0 Å². The molecule has 1 saturated carbocycles. The van der Waals surface area contributed by atoms with E-state index in [-0.39, 0.29) is 11.5 Å². The summed E-state index contributed by atoms with van der Waals surface area (Å²) in [4.78, 5) is 13.2. The second-order valence-corrected chi connectivity index (χ2v) is 5.01. The summed E-state index contributed by atoms with van der Waals surface area (Å²) in [6.45, 7) is 13.7. The lowest BCUT2D eigenvalue weighted by atomic mass is 10.0. The fraction of sp³-hybridized carbons (Fsp3) is 0.933. The zero-order valence-electron chi connectivity index (χ0n) is 13.2. The maximum atomic E-state index is 11.2. The van der Waals surface area contributed by atoms with Crippen molar-refractivity contribution in [1.82, 2.24) is 4.90 Å². The van der Waals surface area contributed by atoms with E-state index in [1.807, 2.05) is 32.6 Å². The Bertz CT molecular complexity index is 239. The number of methoxy groups -OCH3 is 1. The van der Waals surface area contributed by atoms with Gasteiger partial charge in [-0.05, 0) is 31.6 Å². The van der Waals surface area contributed by atoms with Gasteiger partial charge in [0.15, 0.2) is 0 Å². The van der Waals surface area contributed by atoms with Gasteiger partial charge in [-0.25, -0.2) is 0 Å². The van der Waals surface area contributed by atoms with Crippen LogP contribution in [0.5, 0.6) is 0 Å². The predicted molar refractivity (Wildman–Crippen MR) is 76.6 cm³/mol. The molecule has 0 aromatic heterocycles. The van der Waals surface area contributed by atoms with E-state index in [4.69, 9.17) is 4.74 Å². The summed E-state index contributed by atoms with van der Waals surface area (Å²) < 4.78 is 5.53. The summed E-state index contributed by atoms with van der Waals surface area (Å²) in [5.41, 5.74) is 0.0677. The number of amides is 1. The lowest BCUT2D eigenvalue weighted by Gasteiger charge is -2.25. The molecule has 18 heavy (non-hydrogen) atoms. The van der Waals surface area contributed by atoms with Gasteiger partial charge in [-0.3, -0.25) is 4.79 Å². The predicted octanol–water partition coefficient (Wildman–Crippen LogP) is 3.33. The van der Waals surface area contributed by atoms with Crippen molar-refractivity contribution in [3.63, 3.8) is 0 Å². The van der Waals surface area contributed by atoms with Crippen LogP contribution in [0.4, 0.5) is 0 Å². The van der Waals surface area contributed by atoms with E-state index < -0.39 is 0 Å². The molecule has 1 heterocycles. The maximum Gasteiger partial charge on any atom is 0.219 e. The minimum Gasteiger partial charge on any atom is -0.379 e. The average Bonchev–Trinajstić information content (AvgIpc) is 2.90. The van der Waals surface area contributed by atoms with Gasteiger partial charge >= 0.3 is 0 Å². The van der Waals surface area contributed by atoms with Gasteiger partial charge in [0.2, 0.25) is 5.91 Å². The molecule has 0 N–H and O–H groups in total. The van der Waals surface area contributed by atoms with Crippen LogP contribution in [0.15, 0.2) is 0 Å². The molecule has 1 aliphatic carbocycles. The molecule has 0 radical (unpaired) electrons. The van der Waals surface area contributed by atoms with E-state index in [0.29, 0.717) is 11.8 Å². The summed E-state index contributed by atoms with van der Waals surface area (Å²) >= 11 is 0. The molecule has 3 nitrogen and oxygen atoms in total. The van der Waals surface area contributed by atoms with Crippen LogP contribution in [0.1, 0.15) is 54.4 Å². The number of rotatable bonds is 1. The number of nitrogens with zero attached hydrogens (tertiary/aromatic N) is 1. The van der Waals surface area contributed by atoms with Crippen LogP contribution in [-0.4, -0.2) is 36.6 Å². The first-order chi connectivity index (χ1) is 8.54. The molecular formula is C15H31NO2. The molecule has 0 spiro atoms. The third-order valence-corrected chi connectivity index (χ3v) is 3.90. The lowest BCUT2D eigenvalue weighted by molar-refractivity contribution is -0.128. The Labute approximate surface area is 113 Å². The van der Waals surface area contributed by atoms with E-state index in [0.717, 1.165) is 25.9 Å². The molecule has 1 aliphatic heterocycles. The van der Waals surface area contributed by atoms with E-state index in [1.54, 1.807) is 14.0 Å². The second-order valence-electron chi connectivity index (χ2n) is 5.01. The quantitative estimate of drug-likeness (QED) is 0.721. The van der Waals surface area contributed by atoms with Gasteiger partial charge in [0.05, 0.1) is 5.60 Å². The molecule has 108 valence electrons. The summed E-state index contributed by atoms with van der Waals surface area (Å²) in [6, 6.07) is 0. The summed E-state index contributed by atoms with van der Waals surface area (Å²) in [7, 11) is 1.80. The molecule has 1 saturated heterocycles. The van der Waals surface area contributed by atoms with Gasteiger partial charge in [-0.2, -0.15) is 0 Å². The van der Waals surface area contributed by atoms with Crippen LogP contribution in [0.2, 0.25) is 0 Å². The molecule has 2 rings (SSSR count). The SMILES string of the molecule is CC.CC.COC1(C)CC2CN(C(C)=O)CC2C1. The number of hydrogen-bond acceptors (Lipinski definition) is 2. The van der Waals surface area contributed by atoms with Crippen molar-refractivity contribution in [1.29, 1.82) is 0 Å². The molecule has 0 aromatic carbocycles. The highest BCUT2D eigenvalue weighted by Crippen LogP contribution is 2.45. The van der Waals surface area contributed by atoms with E-state index in [2.05, 4.69) is 6.92 Å². The van der Waals surface area contributed by atoms with Gasteiger partial charge in [0, 0.05) is 27.1 Å². The van der Waals surface area contributed by atoms with E-state index >= 15 is 0 Å². The molecule has 2 atom stereocenters. The molecular weight excluding hydrogens is 226 g/mol. The molecule has 0 bridgehead atoms. The van der Waals surface area contributed by atoms with E-state index in [1.165, 1.54) is 0 Å². The van der Waals surface area contributed by atoms with Gasteiger partial charge in [0.1, 0.15) is 0 Å². The van der Waals surface area contributed by atoms with Crippen molar-refractivity contribution < 1.29 is 9.53 Å². The highest BCUT2D eigenvalue weighted by atomic mass is 16.5. The largest absolute Gasteiger partial charge is 0.379 e. The number of carbonyl (C=O) groups excluding carboxylic acids is 1. The Morgan fingerprint density at radius 3 is 1.78 bits per heavy atom. The monoisotopic (exact) mass is 257 g/mol. The summed E-state index contributed by atoms with van der Waals surface area (Å²) in [5, 5.41) is 0. The second kappa shape index (κ2) is 7.78. The normalized spacial score (nSPS) is 32.9. The number of fused-ring (bicyclic) bond motifs is 1. The fourth-order valence-corrected chi connectivity index (χ4v) is 3.02. The number of likely N-dealkylation sites (tertiary alicyclic amines) is 1. The van der Waals surface area contributed by atoms with Crippen molar-refractivity contribution in [2.75, 3.05) is 20.2 Å². The molecule has 3 heteroatoms. The first kappa shape index (κ1) is 17.4. The van der Waals surface area contributed by atoms with Gasteiger partial charge < -0.3 is 9.64 Å². The minimum absolute atomic E-state index is 0.0677. The van der Waals surface area contributed by atoms with Gasteiger partial charge in [-0.15, -0.1) is 0 Å². The van der Waals surface area contributed by atoms with Crippen molar-refractivity contribution in [2.24, 2.45) is 11.8 Å². The Morgan fingerprint density at radius 1 is 1.11 bits per heavy atom. The number of hydrogen-bond donors (Lipinski definition) is 0. The van der Waals surface area contributed by atoms with Gasteiger partial charge in [-0.1, -0.05) is 27.7 Å². The smallest absolute Gasteiger partial charge is 0.219 e. The highest BCUT2D eigenvalue weighted by Gasteiger charge is 2.47. The molecule has 0 aromatic rings.